The van der Waals surface area contributed by atoms with E-state index in [4.69, 9.17) is 18.6 Å². The predicted octanol–water partition coefficient (Wildman–Crippen LogP) is 1.20. The van der Waals surface area contributed by atoms with Crippen LogP contribution in [0.4, 0.5) is 0 Å². The van der Waals surface area contributed by atoms with Crippen LogP contribution in [-0.4, -0.2) is 75.9 Å². The molecule has 8 atom stereocenters. The molecule has 0 saturated carbocycles. The molecule has 1 aromatic heterocycles. The lowest BCUT2D eigenvalue weighted by Crippen LogP contribution is -2.51. The van der Waals surface area contributed by atoms with Gasteiger partial charge in [-0.25, -0.2) is 0 Å². The molecule has 170 valence electrons. The summed E-state index contributed by atoms with van der Waals surface area (Å²) in [6.07, 6.45) is -2.35. The summed E-state index contributed by atoms with van der Waals surface area (Å²) in [6.45, 7) is 3.99. The van der Waals surface area contributed by atoms with Crippen LogP contribution in [-0.2, 0) is 15.9 Å². The Morgan fingerprint density at radius 2 is 1.84 bits per heavy atom. The van der Waals surface area contributed by atoms with Crippen LogP contribution in [0.2, 0.25) is 0 Å². The second-order valence-corrected chi connectivity index (χ2v) is 8.52. The average molecular weight is 434 g/mol. The minimum atomic E-state index is -1.07. The third kappa shape index (κ3) is 4.91. The van der Waals surface area contributed by atoms with Crippen LogP contribution in [0.25, 0.3) is 11.5 Å². The van der Waals surface area contributed by atoms with Crippen LogP contribution in [0.3, 0.4) is 0 Å². The van der Waals surface area contributed by atoms with Crippen molar-refractivity contribution < 1.29 is 33.9 Å². The van der Waals surface area contributed by atoms with Gasteiger partial charge >= 0.3 is 0 Å². The van der Waals surface area contributed by atoms with Crippen molar-refractivity contribution in [2.75, 3.05) is 13.7 Å². The van der Waals surface area contributed by atoms with Crippen molar-refractivity contribution in [2.45, 2.75) is 63.3 Å². The number of aromatic nitrogens is 2. The third-order valence-electron chi connectivity index (χ3n) is 6.35. The van der Waals surface area contributed by atoms with E-state index in [1.54, 1.807) is 26.2 Å². The lowest BCUT2D eigenvalue weighted by atomic mass is 9.86. The molecule has 2 aromatic rings. The minimum Gasteiger partial charge on any atom is -0.497 e. The summed E-state index contributed by atoms with van der Waals surface area (Å²) >= 11 is 0. The summed E-state index contributed by atoms with van der Waals surface area (Å²) in [6, 6.07) is 7.25. The van der Waals surface area contributed by atoms with Gasteiger partial charge in [-0.05, 0) is 37.6 Å². The molecule has 0 aliphatic carbocycles. The maximum absolute atomic E-state index is 10.6. The van der Waals surface area contributed by atoms with Crippen LogP contribution in [0.15, 0.2) is 28.7 Å². The first-order chi connectivity index (χ1) is 14.9. The van der Waals surface area contributed by atoms with Crippen molar-refractivity contribution in [1.29, 1.82) is 0 Å². The molecule has 0 spiro atoms. The fourth-order valence-corrected chi connectivity index (χ4v) is 4.07. The summed E-state index contributed by atoms with van der Waals surface area (Å²) < 4.78 is 22.4. The Balaban J connectivity index is 1.31. The number of rotatable bonds is 8. The van der Waals surface area contributed by atoms with E-state index < -0.39 is 24.4 Å². The molecule has 9 nitrogen and oxygen atoms in total. The zero-order valence-electron chi connectivity index (χ0n) is 17.9. The van der Waals surface area contributed by atoms with Crippen molar-refractivity contribution in [3.8, 4) is 17.2 Å². The Kier molecular flexibility index (Phi) is 6.59. The van der Waals surface area contributed by atoms with Gasteiger partial charge in [0.25, 0.3) is 0 Å². The first-order valence-electron chi connectivity index (χ1n) is 10.7. The summed E-state index contributed by atoms with van der Waals surface area (Å²) in [5.41, 5.74) is 0.759. The molecule has 0 bridgehead atoms. The van der Waals surface area contributed by atoms with Crippen molar-refractivity contribution in [1.82, 2.24) is 10.2 Å². The summed E-state index contributed by atoms with van der Waals surface area (Å²) in [7, 11) is 1.60. The molecule has 0 amide bonds. The Morgan fingerprint density at radius 1 is 1.10 bits per heavy atom. The first kappa shape index (κ1) is 22.2. The number of benzene rings is 1. The molecule has 2 saturated heterocycles. The van der Waals surface area contributed by atoms with E-state index in [0.717, 1.165) is 11.3 Å². The first-order valence-corrected chi connectivity index (χ1v) is 10.7. The molecule has 0 radical (unpaired) electrons. The van der Waals surface area contributed by atoms with Gasteiger partial charge in [-0.3, -0.25) is 0 Å². The zero-order chi connectivity index (χ0) is 22.1. The van der Waals surface area contributed by atoms with Gasteiger partial charge in [0, 0.05) is 17.4 Å². The monoisotopic (exact) mass is 434 g/mol. The molecular weight excluding hydrogens is 404 g/mol. The van der Waals surface area contributed by atoms with Gasteiger partial charge in [-0.15, -0.1) is 10.2 Å². The van der Waals surface area contributed by atoms with Crippen molar-refractivity contribution in [3.05, 3.63) is 30.2 Å². The molecule has 2 fully saturated rings. The number of ether oxygens (including phenoxy) is 3. The highest BCUT2D eigenvalue weighted by Crippen LogP contribution is 2.38. The van der Waals surface area contributed by atoms with Crippen LogP contribution < -0.4 is 4.74 Å². The van der Waals surface area contributed by atoms with Gasteiger partial charge in [0.1, 0.15) is 11.9 Å². The molecule has 1 aromatic carbocycles. The topological polar surface area (TPSA) is 131 Å². The average Bonchev–Trinajstić information content (AvgIpc) is 3.38. The highest BCUT2D eigenvalue weighted by molar-refractivity contribution is 5.53. The number of aliphatic hydroxyl groups excluding tert-OH is 3. The largest absolute Gasteiger partial charge is 0.497 e. The van der Waals surface area contributed by atoms with E-state index >= 15 is 0 Å². The van der Waals surface area contributed by atoms with Crippen molar-refractivity contribution >= 4 is 0 Å². The third-order valence-corrected chi connectivity index (χ3v) is 6.35. The van der Waals surface area contributed by atoms with Gasteiger partial charge in [0.2, 0.25) is 11.8 Å². The van der Waals surface area contributed by atoms with E-state index in [2.05, 4.69) is 10.2 Å². The maximum Gasteiger partial charge on any atom is 0.247 e. The predicted molar refractivity (Wildman–Crippen MR) is 109 cm³/mol. The number of hydrogen-bond acceptors (Lipinski definition) is 9. The Morgan fingerprint density at radius 3 is 2.52 bits per heavy atom. The number of methoxy groups -OCH3 is 1. The fourth-order valence-electron chi connectivity index (χ4n) is 4.07. The quantitative estimate of drug-likeness (QED) is 0.525. The van der Waals surface area contributed by atoms with E-state index in [1.165, 1.54) is 0 Å². The van der Waals surface area contributed by atoms with Gasteiger partial charge in [0.05, 0.1) is 50.7 Å². The molecule has 2 aliphatic heterocycles. The zero-order valence-corrected chi connectivity index (χ0v) is 17.9. The van der Waals surface area contributed by atoms with Gasteiger partial charge in [0.15, 0.2) is 0 Å². The van der Waals surface area contributed by atoms with E-state index in [9.17, 15) is 15.3 Å². The fraction of sp³-hybridized carbons (Fsp3) is 0.636. The van der Waals surface area contributed by atoms with Crippen LogP contribution in [0.5, 0.6) is 5.75 Å². The molecule has 9 heteroatoms. The molecule has 2 aliphatic rings. The van der Waals surface area contributed by atoms with Gasteiger partial charge in [-0.2, -0.15) is 0 Å². The summed E-state index contributed by atoms with van der Waals surface area (Å²) in [4.78, 5) is 0. The maximum atomic E-state index is 10.6. The Bertz CT molecular complexity index is 856. The number of aliphatic hydroxyl groups is 3. The van der Waals surface area contributed by atoms with Crippen molar-refractivity contribution in [2.24, 2.45) is 11.8 Å². The molecule has 4 rings (SSSR count). The number of hydrogen-bond donors (Lipinski definition) is 3. The highest BCUT2D eigenvalue weighted by atomic mass is 16.6. The minimum absolute atomic E-state index is 0.0168. The molecule has 3 heterocycles. The van der Waals surface area contributed by atoms with E-state index in [1.807, 2.05) is 19.1 Å². The molecule has 31 heavy (non-hydrogen) atoms. The second kappa shape index (κ2) is 9.22. The molecule has 0 unspecified atom stereocenters. The van der Waals surface area contributed by atoms with E-state index in [0.29, 0.717) is 24.8 Å². The van der Waals surface area contributed by atoms with E-state index in [-0.39, 0.29) is 30.5 Å². The normalized spacial score (nSPS) is 32.5. The highest BCUT2D eigenvalue weighted by Gasteiger charge is 2.48. The second-order valence-electron chi connectivity index (χ2n) is 8.52. The summed E-state index contributed by atoms with van der Waals surface area (Å²) in [5, 5.41) is 39.0. The smallest absolute Gasteiger partial charge is 0.247 e. The summed E-state index contributed by atoms with van der Waals surface area (Å²) in [5.74, 6) is 1.22. The number of epoxide rings is 1. The standard InChI is InChI=1S/C22H30N2O7/c1-11(12(2)25)21-17(30-21)8-14-10-29-16(20(27)19(14)26)9-18-23-24-22(31-18)13-4-6-15(28-3)7-5-13/h4-7,11-12,14,16-17,19-21,25-27H,8-10H2,1-3H3/t11-,12-,14-,16-,17-,19+,20-,21-/m0/s1. The molecular formula is C22H30N2O7. The number of nitrogens with zero attached hydrogens (tertiary/aromatic N) is 2. The Labute approximate surface area is 181 Å². The van der Waals surface area contributed by atoms with Gasteiger partial charge in [-0.1, -0.05) is 6.92 Å². The lowest BCUT2D eigenvalue weighted by Gasteiger charge is -2.37. The van der Waals surface area contributed by atoms with Crippen molar-refractivity contribution in [3.63, 3.8) is 0 Å². The van der Waals surface area contributed by atoms with Gasteiger partial charge < -0.3 is 33.9 Å². The lowest BCUT2D eigenvalue weighted by molar-refractivity contribution is -0.166. The van der Waals surface area contributed by atoms with Crippen LogP contribution in [0, 0.1) is 11.8 Å². The SMILES string of the molecule is COc1ccc(-c2nnc(C[C@@H]3OC[C@H](C[C@@H]4O[C@H]4[C@@H](C)[C@H](C)O)[C@@H](O)[C@H]3O)o2)cc1. The van der Waals surface area contributed by atoms with Crippen LogP contribution >= 0.6 is 0 Å². The Hall–Kier alpha value is -2.04. The molecule has 3 N–H and O–H groups in total. The van der Waals surface area contributed by atoms with Crippen LogP contribution in [0.1, 0.15) is 26.2 Å².